The van der Waals surface area contributed by atoms with Gasteiger partial charge in [0, 0.05) is 25.7 Å². The van der Waals surface area contributed by atoms with E-state index in [1.54, 1.807) is 0 Å². The van der Waals surface area contributed by atoms with Gasteiger partial charge >= 0.3 is 18.1 Å². The van der Waals surface area contributed by atoms with Crippen molar-refractivity contribution in [1.82, 2.24) is 0 Å². The first-order valence-electron chi connectivity index (χ1n) is 6.19. The van der Waals surface area contributed by atoms with E-state index >= 15 is 0 Å². The lowest BCUT2D eigenvalue weighted by atomic mass is 10.2. The minimum Gasteiger partial charge on any atom is -0.419 e. The number of carbonyl (C=O) groups is 2. The Bertz CT molecular complexity index is 628. The molecular formula is C14H12F3NO4. The van der Waals surface area contributed by atoms with Crippen molar-refractivity contribution in [3.05, 3.63) is 41.6 Å². The summed E-state index contributed by atoms with van der Waals surface area (Å²) in [6, 6.07) is 4.31. The van der Waals surface area contributed by atoms with Gasteiger partial charge in [-0.25, -0.2) is 9.59 Å². The Morgan fingerprint density at radius 3 is 2.27 bits per heavy atom. The normalized spacial score (nSPS) is 17.6. The van der Waals surface area contributed by atoms with E-state index in [0.717, 1.165) is 18.3 Å². The number of alkyl halides is 3. The van der Waals surface area contributed by atoms with Gasteiger partial charge in [0.2, 0.25) is 0 Å². The molecule has 118 valence electrons. The third kappa shape index (κ3) is 3.57. The Balaban J connectivity index is 2.19. The number of ether oxygens (including phenoxy) is 2. The Kier molecular flexibility index (Phi) is 3.87. The third-order valence-corrected chi connectivity index (χ3v) is 2.69. The molecule has 1 fully saturated rings. The lowest BCUT2D eigenvalue weighted by Gasteiger charge is -2.29. The number of halogens is 3. The number of benzene rings is 1. The highest BCUT2D eigenvalue weighted by Gasteiger charge is 2.39. The molecule has 1 N–H and O–H groups in total. The first-order valence-corrected chi connectivity index (χ1v) is 6.19. The summed E-state index contributed by atoms with van der Waals surface area (Å²) in [5, 5.41) is 2.45. The van der Waals surface area contributed by atoms with Crippen LogP contribution >= 0.6 is 0 Å². The van der Waals surface area contributed by atoms with Gasteiger partial charge in [-0.2, -0.15) is 13.2 Å². The van der Waals surface area contributed by atoms with Crippen molar-refractivity contribution in [2.24, 2.45) is 0 Å². The van der Waals surface area contributed by atoms with Gasteiger partial charge in [-0.15, -0.1) is 0 Å². The number of rotatable bonds is 2. The molecule has 1 saturated heterocycles. The monoisotopic (exact) mass is 315 g/mol. The molecule has 0 amide bonds. The number of anilines is 1. The summed E-state index contributed by atoms with van der Waals surface area (Å²) in [6.45, 7) is 2.78. The topological polar surface area (TPSA) is 64.6 Å². The summed E-state index contributed by atoms with van der Waals surface area (Å²) in [4.78, 5) is 23.3. The highest BCUT2D eigenvalue weighted by molar-refractivity contribution is 6.15. The van der Waals surface area contributed by atoms with Crippen LogP contribution in [0.15, 0.2) is 36.0 Å². The van der Waals surface area contributed by atoms with Crippen LogP contribution in [0.2, 0.25) is 0 Å². The van der Waals surface area contributed by atoms with Crippen molar-refractivity contribution >= 4 is 17.6 Å². The van der Waals surface area contributed by atoms with Crippen LogP contribution in [0.3, 0.4) is 0 Å². The number of nitrogens with one attached hydrogen (secondary N) is 1. The van der Waals surface area contributed by atoms with Gasteiger partial charge < -0.3 is 14.8 Å². The van der Waals surface area contributed by atoms with Crippen LogP contribution < -0.4 is 5.32 Å². The number of esters is 2. The van der Waals surface area contributed by atoms with Crippen molar-refractivity contribution in [3.63, 3.8) is 0 Å². The van der Waals surface area contributed by atoms with E-state index in [-0.39, 0.29) is 5.69 Å². The molecule has 0 radical (unpaired) electrons. The van der Waals surface area contributed by atoms with E-state index in [4.69, 9.17) is 9.47 Å². The second kappa shape index (κ2) is 5.36. The first-order chi connectivity index (χ1) is 10.1. The summed E-state index contributed by atoms with van der Waals surface area (Å²) in [7, 11) is 0. The first kappa shape index (κ1) is 15.9. The number of cyclic esters (lactones) is 2. The molecule has 1 aliphatic heterocycles. The SMILES string of the molecule is CC1(C)OC(=O)C(=CNc2cccc(C(F)(F)F)c2)C(=O)O1. The van der Waals surface area contributed by atoms with Crippen LogP contribution in [0, 0.1) is 0 Å². The molecule has 0 unspecified atom stereocenters. The zero-order valence-corrected chi connectivity index (χ0v) is 11.7. The predicted octanol–water partition coefficient (Wildman–Crippen LogP) is 2.84. The van der Waals surface area contributed by atoms with Crippen molar-refractivity contribution in [1.29, 1.82) is 0 Å². The molecule has 0 atom stereocenters. The van der Waals surface area contributed by atoms with Crippen molar-refractivity contribution in [3.8, 4) is 0 Å². The quantitative estimate of drug-likeness (QED) is 0.516. The second-order valence-electron chi connectivity index (χ2n) is 4.96. The largest absolute Gasteiger partial charge is 0.419 e. The second-order valence-corrected chi connectivity index (χ2v) is 4.96. The van der Waals surface area contributed by atoms with E-state index in [0.29, 0.717) is 0 Å². The van der Waals surface area contributed by atoms with E-state index in [1.807, 2.05) is 0 Å². The van der Waals surface area contributed by atoms with Crippen LogP contribution in [-0.4, -0.2) is 17.7 Å². The molecule has 0 aliphatic carbocycles. The molecule has 1 heterocycles. The maximum atomic E-state index is 12.6. The fourth-order valence-electron chi connectivity index (χ4n) is 1.72. The molecule has 1 aliphatic rings. The maximum absolute atomic E-state index is 12.6. The molecule has 1 aromatic carbocycles. The molecule has 0 spiro atoms. The Morgan fingerprint density at radius 2 is 1.73 bits per heavy atom. The molecule has 8 heteroatoms. The Hall–Kier alpha value is -2.51. The third-order valence-electron chi connectivity index (χ3n) is 2.69. The van der Waals surface area contributed by atoms with E-state index in [2.05, 4.69) is 5.32 Å². The average molecular weight is 315 g/mol. The van der Waals surface area contributed by atoms with Crippen LogP contribution in [0.1, 0.15) is 19.4 Å². The summed E-state index contributed by atoms with van der Waals surface area (Å²) in [6.07, 6.45) is -3.53. The fourth-order valence-corrected chi connectivity index (χ4v) is 1.72. The van der Waals surface area contributed by atoms with Gasteiger partial charge in [0.15, 0.2) is 5.57 Å². The van der Waals surface area contributed by atoms with Crippen LogP contribution in [0.25, 0.3) is 0 Å². The highest BCUT2D eigenvalue weighted by atomic mass is 19.4. The van der Waals surface area contributed by atoms with Gasteiger partial charge in [0.05, 0.1) is 5.56 Å². The van der Waals surface area contributed by atoms with Gasteiger partial charge in [-0.05, 0) is 18.2 Å². The Morgan fingerprint density at radius 1 is 1.14 bits per heavy atom. The Labute approximate surface area is 123 Å². The van der Waals surface area contributed by atoms with E-state index in [1.165, 1.54) is 26.0 Å². The number of hydrogen-bond donors (Lipinski definition) is 1. The standard InChI is InChI=1S/C14H12F3NO4/c1-13(2)21-11(19)10(12(20)22-13)7-18-9-5-3-4-8(6-9)14(15,16)17/h3-7,18H,1-2H3. The minimum absolute atomic E-state index is 0.0627. The predicted molar refractivity (Wildman–Crippen MR) is 69.4 cm³/mol. The number of carbonyl (C=O) groups excluding carboxylic acids is 2. The average Bonchev–Trinajstić information content (AvgIpc) is 2.35. The molecule has 5 nitrogen and oxygen atoms in total. The van der Waals surface area contributed by atoms with E-state index < -0.39 is 35.0 Å². The molecule has 0 bridgehead atoms. The van der Waals surface area contributed by atoms with Crippen LogP contribution in [0.4, 0.5) is 18.9 Å². The van der Waals surface area contributed by atoms with Gasteiger partial charge in [0.1, 0.15) is 0 Å². The summed E-state index contributed by atoms with van der Waals surface area (Å²) < 4.78 is 47.4. The minimum atomic E-state index is -4.49. The highest BCUT2D eigenvalue weighted by Crippen LogP contribution is 2.30. The maximum Gasteiger partial charge on any atom is 0.416 e. The van der Waals surface area contributed by atoms with E-state index in [9.17, 15) is 22.8 Å². The van der Waals surface area contributed by atoms with Crippen molar-refractivity contribution < 1.29 is 32.2 Å². The molecular weight excluding hydrogens is 303 g/mol. The molecule has 0 saturated carbocycles. The zero-order valence-electron chi connectivity index (χ0n) is 11.7. The summed E-state index contributed by atoms with van der Waals surface area (Å²) >= 11 is 0. The van der Waals surface area contributed by atoms with Gasteiger partial charge in [0.25, 0.3) is 5.79 Å². The van der Waals surface area contributed by atoms with Crippen molar-refractivity contribution in [2.75, 3.05) is 5.32 Å². The smallest absolute Gasteiger partial charge is 0.416 e. The lowest BCUT2D eigenvalue weighted by molar-refractivity contribution is -0.222. The van der Waals surface area contributed by atoms with Crippen LogP contribution in [0.5, 0.6) is 0 Å². The van der Waals surface area contributed by atoms with Gasteiger partial charge in [-0.3, -0.25) is 0 Å². The molecule has 2 rings (SSSR count). The van der Waals surface area contributed by atoms with Crippen LogP contribution in [-0.2, 0) is 25.2 Å². The zero-order chi connectivity index (χ0) is 16.5. The summed E-state index contributed by atoms with van der Waals surface area (Å²) in [5.74, 6) is -3.21. The number of hydrogen-bond acceptors (Lipinski definition) is 5. The fraction of sp³-hybridized carbons (Fsp3) is 0.286. The molecule has 0 aromatic heterocycles. The van der Waals surface area contributed by atoms with Gasteiger partial charge in [-0.1, -0.05) is 6.07 Å². The lowest BCUT2D eigenvalue weighted by Crippen LogP contribution is -2.42. The molecule has 22 heavy (non-hydrogen) atoms. The van der Waals surface area contributed by atoms with Crippen molar-refractivity contribution in [2.45, 2.75) is 25.8 Å². The summed E-state index contributed by atoms with van der Waals surface area (Å²) in [5.41, 5.74) is -1.23. The molecule has 1 aromatic rings.